The predicted octanol–water partition coefficient (Wildman–Crippen LogP) is 3.73. The molecule has 5 heteroatoms. The first-order valence-corrected chi connectivity index (χ1v) is 10.8. The number of hydroxylamine groups is 1. The lowest BCUT2D eigenvalue weighted by molar-refractivity contribution is -0.125. The molecule has 1 aliphatic carbocycles. The molecule has 1 aliphatic heterocycles. The van der Waals surface area contributed by atoms with Crippen molar-refractivity contribution in [3.63, 3.8) is 0 Å². The van der Waals surface area contributed by atoms with E-state index < -0.39 is 5.91 Å². The van der Waals surface area contributed by atoms with Crippen molar-refractivity contribution in [2.75, 3.05) is 19.6 Å². The molecule has 0 saturated carbocycles. The van der Waals surface area contributed by atoms with Gasteiger partial charge in [0.25, 0.3) is 5.91 Å². The van der Waals surface area contributed by atoms with Crippen LogP contribution in [-0.4, -0.2) is 52.6 Å². The third kappa shape index (κ3) is 5.57. The van der Waals surface area contributed by atoms with Gasteiger partial charge >= 0.3 is 0 Å². The number of piperazine rings is 1. The number of nitrogens with one attached hydrogen (secondary N) is 1. The Morgan fingerprint density at radius 1 is 1.03 bits per heavy atom. The van der Waals surface area contributed by atoms with E-state index in [1.54, 1.807) is 11.6 Å². The molecule has 2 aromatic rings. The van der Waals surface area contributed by atoms with Gasteiger partial charge in [-0.1, -0.05) is 61.5 Å². The second-order valence-electron chi connectivity index (χ2n) is 8.19. The van der Waals surface area contributed by atoms with Crippen molar-refractivity contribution < 1.29 is 10.0 Å². The SMILES string of the molecule is CCN1C[C@@H](C)N(Cc2ccccc2)[C@@H](C)C1.O=C(NO)C1=Cc2ccccc2C1. The zero-order chi connectivity index (χ0) is 21.5. The van der Waals surface area contributed by atoms with Gasteiger partial charge in [0.2, 0.25) is 0 Å². The maximum Gasteiger partial charge on any atom is 0.270 e. The summed E-state index contributed by atoms with van der Waals surface area (Å²) in [7, 11) is 0. The molecule has 4 rings (SSSR count). The monoisotopic (exact) mass is 407 g/mol. The first-order valence-electron chi connectivity index (χ1n) is 10.8. The summed E-state index contributed by atoms with van der Waals surface area (Å²) in [4.78, 5) is 16.2. The molecule has 0 radical (unpaired) electrons. The second-order valence-corrected chi connectivity index (χ2v) is 8.19. The molecule has 1 heterocycles. The van der Waals surface area contributed by atoms with E-state index >= 15 is 0 Å². The summed E-state index contributed by atoms with van der Waals surface area (Å²) >= 11 is 0. The molecule has 5 nitrogen and oxygen atoms in total. The lowest BCUT2D eigenvalue weighted by atomic mass is 10.1. The van der Waals surface area contributed by atoms with Crippen LogP contribution in [0.1, 0.15) is 37.5 Å². The highest BCUT2D eigenvalue weighted by Gasteiger charge is 2.28. The maximum absolute atomic E-state index is 11.1. The van der Waals surface area contributed by atoms with E-state index in [0.717, 1.165) is 17.7 Å². The van der Waals surface area contributed by atoms with Gasteiger partial charge in [-0.05, 0) is 43.2 Å². The lowest BCUT2D eigenvalue weighted by Gasteiger charge is -2.44. The Morgan fingerprint density at radius 3 is 2.27 bits per heavy atom. The number of nitrogens with zero attached hydrogens (tertiary/aromatic N) is 2. The van der Waals surface area contributed by atoms with Gasteiger partial charge in [0.05, 0.1) is 0 Å². The molecule has 0 unspecified atom stereocenters. The average Bonchev–Trinajstić information content (AvgIpc) is 3.21. The highest BCUT2D eigenvalue weighted by Crippen LogP contribution is 2.24. The van der Waals surface area contributed by atoms with Gasteiger partial charge in [-0.15, -0.1) is 0 Å². The van der Waals surface area contributed by atoms with E-state index in [2.05, 4.69) is 60.9 Å². The molecule has 1 amide bonds. The van der Waals surface area contributed by atoms with Crippen LogP contribution in [0, 0.1) is 0 Å². The third-order valence-electron chi connectivity index (χ3n) is 5.99. The maximum atomic E-state index is 11.1. The summed E-state index contributed by atoms with van der Waals surface area (Å²) in [5.41, 5.74) is 5.84. The van der Waals surface area contributed by atoms with E-state index in [4.69, 9.17) is 5.21 Å². The lowest BCUT2D eigenvalue weighted by Crippen LogP contribution is -2.55. The zero-order valence-electron chi connectivity index (χ0n) is 18.2. The van der Waals surface area contributed by atoms with Crippen molar-refractivity contribution in [2.45, 2.75) is 45.8 Å². The largest absolute Gasteiger partial charge is 0.301 e. The highest BCUT2D eigenvalue weighted by molar-refractivity contribution is 5.99. The molecule has 2 N–H and O–H groups in total. The summed E-state index contributed by atoms with van der Waals surface area (Å²) in [5, 5.41) is 8.43. The van der Waals surface area contributed by atoms with E-state index in [0.29, 0.717) is 24.1 Å². The summed E-state index contributed by atoms with van der Waals surface area (Å²) in [6, 6.07) is 19.9. The van der Waals surface area contributed by atoms with Crippen LogP contribution >= 0.6 is 0 Å². The fraction of sp³-hybridized carbons (Fsp3) is 0.400. The Bertz CT molecular complexity index is 854. The van der Waals surface area contributed by atoms with Crippen molar-refractivity contribution in [1.29, 1.82) is 0 Å². The fourth-order valence-corrected chi connectivity index (χ4v) is 4.33. The van der Waals surface area contributed by atoms with Crippen molar-refractivity contribution >= 4 is 12.0 Å². The Balaban J connectivity index is 0.000000177. The van der Waals surface area contributed by atoms with Crippen LogP contribution in [0.15, 0.2) is 60.2 Å². The summed E-state index contributed by atoms with van der Waals surface area (Å²) in [5.74, 6) is -0.420. The average molecular weight is 408 g/mol. The Labute approximate surface area is 180 Å². The van der Waals surface area contributed by atoms with E-state index in [9.17, 15) is 4.79 Å². The minimum Gasteiger partial charge on any atom is -0.301 e. The minimum absolute atomic E-state index is 0.420. The number of hydrogen-bond acceptors (Lipinski definition) is 4. The molecule has 160 valence electrons. The molecule has 30 heavy (non-hydrogen) atoms. The van der Waals surface area contributed by atoms with Crippen LogP contribution in [0.25, 0.3) is 6.08 Å². The molecule has 1 saturated heterocycles. The molecule has 0 spiro atoms. The fourth-order valence-electron chi connectivity index (χ4n) is 4.33. The van der Waals surface area contributed by atoms with Gasteiger partial charge in [0, 0.05) is 43.7 Å². The van der Waals surface area contributed by atoms with E-state index in [1.165, 1.54) is 25.2 Å². The van der Waals surface area contributed by atoms with E-state index in [-0.39, 0.29) is 0 Å². The quantitative estimate of drug-likeness (QED) is 0.599. The Morgan fingerprint density at radius 2 is 1.67 bits per heavy atom. The van der Waals surface area contributed by atoms with Gasteiger partial charge in [-0.3, -0.25) is 14.9 Å². The molecular formula is C25H33N3O2. The van der Waals surface area contributed by atoms with Crippen molar-refractivity contribution in [2.24, 2.45) is 0 Å². The highest BCUT2D eigenvalue weighted by atomic mass is 16.5. The minimum atomic E-state index is -0.420. The summed E-state index contributed by atoms with van der Waals surface area (Å²) in [6.07, 6.45) is 2.39. The number of rotatable bonds is 4. The molecule has 2 aliphatic rings. The predicted molar refractivity (Wildman–Crippen MR) is 121 cm³/mol. The number of carbonyl (C=O) groups is 1. The van der Waals surface area contributed by atoms with Crippen LogP contribution in [0.2, 0.25) is 0 Å². The van der Waals surface area contributed by atoms with Crippen LogP contribution in [0.3, 0.4) is 0 Å². The van der Waals surface area contributed by atoms with Gasteiger partial charge in [0.1, 0.15) is 0 Å². The van der Waals surface area contributed by atoms with Crippen molar-refractivity contribution in [1.82, 2.24) is 15.3 Å². The Hall–Kier alpha value is -2.47. The molecule has 0 aromatic heterocycles. The van der Waals surface area contributed by atoms with Gasteiger partial charge in [0.15, 0.2) is 0 Å². The van der Waals surface area contributed by atoms with Crippen molar-refractivity contribution in [3.05, 3.63) is 76.9 Å². The molecule has 2 atom stereocenters. The number of benzene rings is 2. The van der Waals surface area contributed by atoms with Gasteiger partial charge < -0.3 is 4.90 Å². The Kier molecular flexibility index (Phi) is 7.80. The molecule has 1 fully saturated rings. The van der Waals surface area contributed by atoms with Crippen LogP contribution in [0.5, 0.6) is 0 Å². The standard InChI is InChI=1S/C15H24N2.C10H9NO2/c1-4-16-10-13(2)17(14(3)11-16)12-15-8-6-5-7-9-15;12-10(11-13)9-5-7-3-1-2-4-8(7)6-9/h5-9,13-14H,4,10-12H2,1-3H3;1-5,13H,6H2,(H,11,12)/t13-,14+;. The summed E-state index contributed by atoms with van der Waals surface area (Å²) in [6.45, 7) is 11.6. The molecule has 2 aromatic carbocycles. The number of fused-ring (bicyclic) bond motifs is 1. The van der Waals surface area contributed by atoms with Crippen molar-refractivity contribution in [3.8, 4) is 0 Å². The number of hydrogen-bond donors (Lipinski definition) is 2. The molecule has 0 bridgehead atoms. The normalized spacial score (nSPS) is 21.3. The van der Waals surface area contributed by atoms with Crippen LogP contribution in [-0.2, 0) is 17.8 Å². The van der Waals surface area contributed by atoms with E-state index in [1.807, 2.05) is 24.3 Å². The topological polar surface area (TPSA) is 55.8 Å². The zero-order valence-corrected chi connectivity index (χ0v) is 18.2. The van der Waals surface area contributed by atoms with Gasteiger partial charge in [-0.25, -0.2) is 5.48 Å². The molecular weight excluding hydrogens is 374 g/mol. The third-order valence-corrected chi connectivity index (χ3v) is 5.99. The number of carbonyl (C=O) groups excluding carboxylic acids is 1. The first-order chi connectivity index (χ1) is 14.5. The van der Waals surface area contributed by atoms with Crippen LogP contribution in [0.4, 0.5) is 0 Å². The number of amides is 1. The smallest absolute Gasteiger partial charge is 0.270 e. The second kappa shape index (κ2) is 10.5. The number of likely N-dealkylation sites (N-methyl/N-ethyl adjacent to an activating group) is 1. The first kappa shape index (κ1) is 22.2. The van der Waals surface area contributed by atoms with Crippen LogP contribution < -0.4 is 5.48 Å². The van der Waals surface area contributed by atoms with Gasteiger partial charge in [-0.2, -0.15) is 0 Å². The summed E-state index contributed by atoms with van der Waals surface area (Å²) < 4.78 is 0.